The molecule has 0 bridgehead atoms. The van der Waals surface area contributed by atoms with Crippen LogP contribution in [0, 0.1) is 0 Å². The Morgan fingerprint density at radius 1 is 1.03 bits per heavy atom. The van der Waals surface area contributed by atoms with Gasteiger partial charge in [0, 0.05) is 50.7 Å². The number of anilines is 1. The van der Waals surface area contributed by atoms with Crippen molar-refractivity contribution in [3.63, 3.8) is 0 Å². The summed E-state index contributed by atoms with van der Waals surface area (Å²) in [6, 6.07) is 13.4. The van der Waals surface area contributed by atoms with Gasteiger partial charge in [0.25, 0.3) is 5.91 Å². The molecular weight excluding hydrogens is 507 g/mol. The summed E-state index contributed by atoms with van der Waals surface area (Å²) in [7, 11) is 0. The monoisotopic (exact) mass is 537 g/mol. The molecule has 39 heavy (non-hydrogen) atoms. The predicted molar refractivity (Wildman–Crippen MR) is 143 cm³/mol. The molecule has 1 aliphatic carbocycles. The van der Waals surface area contributed by atoms with Gasteiger partial charge < -0.3 is 20.3 Å². The largest absolute Gasteiger partial charge is 0.439 e. The highest BCUT2D eigenvalue weighted by Crippen LogP contribution is 2.31. The number of ether oxygens (including phenoxy) is 1. The van der Waals surface area contributed by atoms with Crippen LogP contribution in [0.5, 0.6) is 11.6 Å². The van der Waals surface area contributed by atoms with Crippen LogP contribution in [0.2, 0.25) is 0 Å². The highest BCUT2D eigenvalue weighted by molar-refractivity contribution is 5.94. The number of carbonyl (C=O) groups excluding carboxylic acids is 1. The van der Waals surface area contributed by atoms with Crippen LogP contribution in [0.15, 0.2) is 66.5 Å². The summed E-state index contributed by atoms with van der Waals surface area (Å²) in [6.45, 7) is 3.68. The first-order valence-corrected chi connectivity index (χ1v) is 13.1. The molecule has 10 heteroatoms. The summed E-state index contributed by atoms with van der Waals surface area (Å²) in [4.78, 5) is 23.2. The third kappa shape index (κ3) is 7.14. The number of benzene rings is 1. The van der Waals surface area contributed by atoms with Gasteiger partial charge in [0.15, 0.2) is 0 Å². The molecule has 1 aliphatic heterocycles. The lowest BCUT2D eigenvalue weighted by Crippen LogP contribution is -2.43. The molecule has 0 unspecified atom stereocenters. The molecule has 7 nitrogen and oxygen atoms in total. The minimum atomic E-state index is -4.44. The number of halogens is 3. The number of rotatable bonds is 6. The van der Waals surface area contributed by atoms with Gasteiger partial charge in [-0.2, -0.15) is 13.2 Å². The van der Waals surface area contributed by atoms with E-state index in [0.29, 0.717) is 11.3 Å². The zero-order valence-electron chi connectivity index (χ0n) is 21.4. The van der Waals surface area contributed by atoms with Crippen LogP contribution in [-0.2, 0) is 6.18 Å². The second-order valence-electron chi connectivity index (χ2n) is 9.75. The number of pyridine rings is 2. The van der Waals surface area contributed by atoms with Gasteiger partial charge in [0.1, 0.15) is 11.6 Å². The summed E-state index contributed by atoms with van der Waals surface area (Å²) >= 11 is 0. The lowest BCUT2D eigenvalue weighted by atomic mass is 9.89. The molecule has 1 saturated carbocycles. The standard InChI is InChI=1S/C29H30F3N5O2/c30-29(31,32)23-7-11-27(35-19-23)39-25-3-1-2-21(17-25)16-20-4-8-24(9-5-20)36-28(38)22-6-10-26(34-18-22)37-14-12-33-13-15-37/h1-3,6-7,10-11,16-19,24,33H,4-5,8-9,12-15H2,(H,36,38). The SMILES string of the molecule is O=C(NC1CCC(=Cc2cccc(Oc3ccc(C(F)(F)F)cn3)c2)CC1)c1ccc(N2CCNCC2)nc1. The van der Waals surface area contributed by atoms with E-state index in [1.807, 2.05) is 30.3 Å². The Bertz CT molecular complexity index is 1290. The Kier molecular flexibility index (Phi) is 8.11. The number of nitrogens with zero attached hydrogens (tertiary/aromatic N) is 3. The maximum atomic E-state index is 12.8. The third-order valence-corrected chi connectivity index (χ3v) is 6.93. The van der Waals surface area contributed by atoms with E-state index >= 15 is 0 Å². The fourth-order valence-electron chi connectivity index (χ4n) is 4.78. The maximum absolute atomic E-state index is 12.8. The molecule has 2 fully saturated rings. The van der Waals surface area contributed by atoms with Gasteiger partial charge >= 0.3 is 6.18 Å². The van der Waals surface area contributed by atoms with Crippen molar-refractivity contribution in [2.45, 2.75) is 37.9 Å². The average Bonchev–Trinajstić information content (AvgIpc) is 2.95. The molecular formula is C29H30F3N5O2. The first-order chi connectivity index (χ1) is 18.8. The van der Waals surface area contributed by atoms with Gasteiger partial charge in [-0.25, -0.2) is 9.97 Å². The minimum absolute atomic E-state index is 0.0951. The molecule has 2 N–H and O–H groups in total. The molecule has 1 amide bonds. The van der Waals surface area contributed by atoms with Crippen molar-refractivity contribution >= 4 is 17.8 Å². The molecule has 2 aliphatic rings. The number of hydrogen-bond acceptors (Lipinski definition) is 6. The highest BCUT2D eigenvalue weighted by Gasteiger charge is 2.30. The smallest absolute Gasteiger partial charge is 0.417 e. The van der Waals surface area contributed by atoms with Crippen molar-refractivity contribution in [3.05, 3.63) is 83.2 Å². The molecule has 0 spiro atoms. The van der Waals surface area contributed by atoms with Gasteiger partial charge in [0.05, 0.1) is 11.1 Å². The Labute approximate surface area is 225 Å². The molecule has 0 atom stereocenters. The number of allylic oxidation sites excluding steroid dienone is 1. The van der Waals surface area contributed by atoms with E-state index < -0.39 is 11.7 Å². The van der Waals surface area contributed by atoms with Crippen molar-refractivity contribution in [3.8, 4) is 11.6 Å². The minimum Gasteiger partial charge on any atom is -0.439 e. The average molecular weight is 538 g/mol. The van der Waals surface area contributed by atoms with E-state index in [4.69, 9.17) is 4.74 Å². The lowest BCUT2D eigenvalue weighted by molar-refractivity contribution is -0.137. The van der Waals surface area contributed by atoms with Crippen molar-refractivity contribution in [1.29, 1.82) is 0 Å². The fraction of sp³-hybridized carbons (Fsp3) is 0.345. The van der Waals surface area contributed by atoms with Crippen LogP contribution >= 0.6 is 0 Å². The second kappa shape index (κ2) is 11.9. The molecule has 2 aromatic heterocycles. The summed E-state index contributed by atoms with van der Waals surface area (Å²) in [5.41, 5.74) is 1.95. The molecule has 3 aromatic rings. The zero-order valence-corrected chi connectivity index (χ0v) is 21.4. The topological polar surface area (TPSA) is 79.4 Å². The van der Waals surface area contributed by atoms with E-state index in [1.165, 1.54) is 11.6 Å². The summed E-state index contributed by atoms with van der Waals surface area (Å²) in [5.74, 6) is 1.38. The van der Waals surface area contributed by atoms with Crippen molar-refractivity contribution in [1.82, 2.24) is 20.6 Å². The molecule has 0 radical (unpaired) electrons. The quantitative estimate of drug-likeness (QED) is 0.435. The Morgan fingerprint density at radius 3 is 2.49 bits per heavy atom. The number of hydrogen-bond donors (Lipinski definition) is 2. The number of nitrogens with one attached hydrogen (secondary N) is 2. The summed E-state index contributed by atoms with van der Waals surface area (Å²) < 4.78 is 43.9. The van der Waals surface area contributed by atoms with Crippen LogP contribution in [0.4, 0.5) is 19.0 Å². The maximum Gasteiger partial charge on any atom is 0.417 e. The number of carbonyl (C=O) groups is 1. The fourth-order valence-corrected chi connectivity index (χ4v) is 4.78. The van der Waals surface area contributed by atoms with Crippen molar-refractivity contribution in [2.24, 2.45) is 0 Å². The van der Waals surface area contributed by atoms with Gasteiger partial charge in [0.2, 0.25) is 5.88 Å². The molecule has 1 aromatic carbocycles. The number of aromatic nitrogens is 2. The Balaban J connectivity index is 1.12. The van der Waals surface area contributed by atoms with Crippen molar-refractivity contribution < 1.29 is 22.7 Å². The number of alkyl halides is 3. The molecule has 5 rings (SSSR count). The molecule has 1 saturated heterocycles. The normalized spacial score (nSPS) is 18.0. The predicted octanol–water partition coefficient (Wildman–Crippen LogP) is 5.45. The van der Waals surface area contributed by atoms with Gasteiger partial charge in [-0.15, -0.1) is 0 Å². The van der Waals surface area contributed by atoms with E-state index in [9.17, 15) is 18.0 Å². The van der Waals surface area contributed by atoms with Crippen LogP contribution in [0.3, 0.4) is 0 Å². The molecule has 204 valence electrons. The first kappa shape index (κ1) is 26.7. The lowest BCUT2D eigenvalue weighted by Gasteiger charge is -2.28. The Morgan fingerprint density at radius 2 is 1.82 bits per heavy atom. The van der Waals surface area contributed by atoms with Crippen LogP contribution < -0.4 is 20.3 Å². The highest BCUT2D eigenvalue weighted by atomic mass is 19.4. The first-order valence-electron chi connectivity index (χ1n) is 13.1. The van der Waals surface area contributed by atoms with Crippen molar-refractivity contribution in [2.75, 3.05) is 31.1 Å². The van der Waals surface area contributed by atoms with E-state index in [0.717, 1.165) is 75.5 Å². The third-order valence-electron chi connectivity index (χ3n) is 6.93. The Hall–Kier alpha value is -3.92. The second-order valence-corrected chi connectivity index (χ2v) is 9.75. The zero-order chi connectivity index (χ0) is 27.2. The molecule has 3 heterocycles. The van der Waals surface area contributed by atoms with Gasteiger partial charge in [-0.1, -0.05) is 23.8 Å². The van der Waals surface area contributed by atoms with E-state index in [1.54, 1.807) is 12.3 Å². The summed E-state index contributed by atoms with van der Waals surface area (Å²) in [5, 5.41) is 6.46. The van der Waals surface area contributed by atoms with Crippen LogP contribution in [0.25, 0.3) is 6.08 Å². The summed E-state index contributed by atoms with van der Waals surface area (Å²) in [6.07, 6.45) is 3.48. The number of amides is 1. The number of piperazine rings is 1. The van der Waals surface area contributed by atoms with Crippen LogP contribution in [0.1, 0.15) is 47.2 Å². The van der Waals surface area contributed by atoms with Gasteiger partial charge in [-0.3, -0.25) is 4.79 Å². The van der Waals surface area contributed by atoms with E-state index in [2.05, 4.69) is 31.6 Å². The van der Waals surface area contributed by atoms with Crippen LogP contribution in [-0.4, -0.2) is 48.1 Å². The van der Waals surface area contributed by atoms with E-state index in [-0.39, 0.29) is 17.8 Å². The van der Waals surface area contributed by atoms with Gasteiger partial charge in [-0.05, 0) is 61.6 Å².